The molecule has 1 rings (SSSR count). The smallest absolute Gasteiger partial charge is 0.407 e. The van der Waals surface area contributed by atoms with Crippen molar-refractivity contribution in [2.24, 2.45) is 10.9 Å². The Balaban J connectivity index is 0.00000576. The Labute approximate surface area is 167 Å². The molecule has 2 N–H and O–H groups in total. The molecule has 0 bridgehead atoms. The highest BCUT2D eigenvalue weighted by molar-refractivity contribution is 14.0. The maximum atomic E-state index is 11.6. The summed E-state index contributed by atoms with van der Waals surface area (Å²) < 4.78 is 9.96. The van der Waals surface area contributed by atoms with Gasteiger partial charge in [-0.15, -0.1) is 24.0 Å². The van der Waals surface area contributed by atoms with Gasteiger partial charge in [-0.05, 0) is 33.6 Å². The monoisotopic (exact) mass is 470 g/mol. The van der Waals surface area contributed by atoms with Gasteiger partial charge in [0.1, 0.15) is 5.60 Å². The SMILES string of the molecule is CN=C(NCCNC(=O)OC(C)(C)C)N1CCC(C(=O)OC)CC1.I. The molecule has 1 amide bonds. The fourth-order valence-electron chi connectivity index (χ4n) is 2.48. The standard InChI is InChI=1S/C16H30N4O4.HI/c1-16(2,3)24-15(22)19-9-8-18-14(17-4)20-10-6-12(7-11-20)13(21)23-5;/h12H,6-11H2,1-5H3,(H,17,18)(H,19,22);1H. The second kappa shape index (κ2) is 11.4. The van der Waals surface area contributed by atoms with Gasteiger partial charge in [-0.2, -0.15) is 0 Å². The van der Waals surface area contributed by atoms with E-state index < -0.39 is 11.7 Å². The number of ether oxygens (including phenoxy) is 2. The van der Waals surface area contributed by atoms with Crippen molar-refractivity contribution < 1.29 is 19.1 Å². The number of esters is 1. The summed E-state index contributed by atoms with van der Waals surface area (Å²) in [5.41, 5.74) is -0.502. The molecule has 1 saturated heterocycles. The van der Waals surface area contributed by atoms with Crippen molar-refractivity contribution in [1.82, 2.24) is 15.5 Å². The van der Waals surface area contributed by atoms with Crippen LogP contribution in [0.1, 0.15) is 33.6 Å². The van der Waals surface area contributed by atoms with E-state index in [1.165, 1.54) is 7.11 Å². The van der Waals surface area contributed by atoms with Gasteiger partial charge < -0.3 is 25.0 Å². The molecule has 1 heterocycles. The maximum absolute atomic E-state index is 11.6. The number of methoxy groups -OCH3 is 1. The zero-order chi connectivity index (χ0) is 18.2. The summed E-state index contributed by atoms with van der Waals surface area (Å²) in [6, 6.07) is 0. The number of alkyl carbamates (subject to hydrolysis) is 1. The third kappa shape index (κ3) is 9.13. The molecule has 0 atom stereocenters. The van der Waals surface area contributed by atoms with Crippen molar-refractivity contribution >= 4 is 42.0 Å². The van der Waals surface area contributed by atoms with E-state index in [0.29, 0.717) is 13.1 Å². The van der Waals surface area contributed by atoms with E-state index in [9.17, 15) is 9.59 Å². The lowest BCUT2D eigenvalue weighted by molar-refractivity contribution is -0.146. The van der Waals surface area contributed by atoms with Gasteiger partial charge in [0.2, 0.25) is 0 Å². The van der Waals surface area contributed by atoms with Gasteiger partial charge in [-0.25, -0.2) is 4.79 Å². The molecule has 9 heteroatoms. The van der Waals surface area contributed by atoms with Crippen LogP contribution in [0.15, 0.2) is 4.99 Å². The number of carbonyl (C=O) groups is 2. The Bertz CT molecular complexity index is 458. The van der Waals surface area contributed by atoms with Crippen LogP contribution < -0.4 is 10.6 Å². The Hall–Kier alpha value is -1.26. The van der Waals surface area contributed by atoms with Crippen LogP contribution in [0.4, 0.5) is 4.79 Å². The van der Waals surface area contributed by atoms with Crippen molar-refractivity contribution in [3.8, 4) is 0 Å². The summed E-state index contributed by atoms with van der Waals surface area (Å²) in [6.07, 6.45) is 1.07. The van der Waals surface area contributed by atoms with Crippen LogP contribution in [0.3, 0.4) is 0 Å². The van der Waals surface area contributed by atoms with Gasteiger partial charge in [0.05, 0.1) is 13.0 Å². The number of likely N-dealkylation sites (tertiary alicyclic amines) is 1. The lowest BCUT2D eigenvalue weighted by Crippen LogP contribution is -2.48. The minimum atomic E-state index is -0.502. The van der Waals surface area contributed by atoms with Gasteiger partial charge in [0.25, 0.3) is 0 Å². The molecular formula is C16H31IN4O4. The first-order valence-corrected chi connectivity index (χ1v) is 8.27. The fourth-order valence-corrected chi connectivity index (χ4v) is 2.48. The number of aliphatic imine (C=N–C) groups is 1. The molecule has 0 aromatic carbocycles. The van der Waals surface area contributed by atoms with Crippen molar-refractivity contribution in [3.63, 3.8) is 0 Å². The van der Waals surface area contributed by atoms with Crippen LogP contribution >= 0.6 is 24.0 Å². The largest absolute Gasteiger partial charge is 0.469 e. The summed E-state index contributed by atoms with van der Waals surface area (Å²) in [7, 11) is 3.14. The molecule has 0 aliphatic carbocycles. The topological polar surface area (TPSA) is 92.3 Å². The Morgan fingerprint density at radius 3 is 2.20 bits per heavy atom. The molecule has 146 valence electrons. The van der Waals surface area contributed by atoms with E-state index in [1.54, 1.807) is 7.05 Å². The molecule has 1 aliphatic heterocycles. The van der Waals surface area contributed by atoms with Crippen molar-refractivity contribution in [3.05, 3.63) is 0 Å². The predicted octanol–water partition coefficient (Wildman–Crippen LogP) is 1.59. The summed E-state index contributed by atoms with van der Waals surface area (Å²) in [6.45, 7) is 7.95. The fraction of sp³-hybridized carbons (Fsp3) is 0.812. The first-order valence-electron chi connectivity index (χ1n) is 8.27. The second-order valence-electron chi connectivity index (χ2n) is 6.69. The molecule has 25 heavy (non-hydrogen) atoms. The van der Waals surface area contributed by atoms with E-state index in [-0.39, 0.29) is 35.9 Å². The van der Waals surface area contributed by atoms with Crippen LogP contribution in [0.5, 0.6) is 0 Å². The summed E-state index contributed by atoms with van der Waals surface area (Å²) in [5.74, 6) is 0.599. The van der Waals surface area contributed by atoms with Gasteiger partial charge in [-0.1, -0.05) is 0 Å². The van der Waals surface area contributed by atoms with Gasteiger partial charge in [0, 0.05) is 33.2 Å². The maximum Gasteiger partial charge on any atom is 0.407 e. The number of nitrogens with zero attached hydrogens (tertiary/aromatic N) is 2. The van der Waals surface area contributed by atoms with Crippen molar-refractivity contribution in [2.75, 3.05) is 40.3 Å². The Morgan fingerprint density at radius 1 is 1.16 bits per heavy atom. The number of nitrogens with one attached hydrogen (secondary N) is 2. The highest BCUT2D eigenvalue weighted by Gasteiger charge is 2.26. The number of amides is 1. The molecule has 1 fully saturated rings. The minimum Gasteiger partial charge on any atom is -0.469 e. The third-order valence-corrected chi connectivity index (χ3v) is 3.62. The predicted molar refractivity (Wildman–Crippen MR) is 107 cm³/mol. The molecule has 0 spiro atoms. The molecule has 1 aliphatic rings. The number of hydrogen-bond acceptors (Lipinski definition) is 5. The Kier molecular flexibility index (Phi) is 10.8. The summed E-state index contributed by atoms with van der Waals surface area (Å²) in [4.78, 5) is 29.5. The number of guanidine groups is 1. The quantitative estimate of drug-likeness (QED) is 0.213. The van der Waals surface area contributed by atoms with Crippen LogP contribution in [0.25, 0.3) is 0 Å². The average molecular weight is 470 g/mol. The van der Waals surface area contributed by atoms with Gasteiger partial charge >= 0.3 is 12.1 Å². The number of rotatable bonds is 4. The summed E-state index contributed by atoms with van der Waals surface area (Å²) in [5, 5.41) is 5.90. The van der Waals surface area contributed by atoms with Crippen LogP contribution in [-0.4, -0.2) is 68.9 Å². The van der Waals surface area contributed by atoms with Gasteiger partial charge in [-0.3, -0.25) is 9.79 Å². The molecule has 8 nitrogen and oxygen atoms in total. The summed E-state index contributed by atoms with van der Waals surface area (Å²) >= 11 is 0. The molecule has 0 aromatic heterocycles. The molecule has 0 radical (unpaired) electrons. The normalized spacial score (nSPS) is 15.9. The number of halogens is 1. The van der Waals surface area contributed by atoms with E-state index in [2.05, 4.69) is 20.5 Å². The van der Waals surface area contributed by atoms with Gasteiger partial charge in [0.15, 0.2) is 5.96 Å². The number of piperidine rings is 1. The first kappa shape index (κ1) is 23.7. The molecular weight excluding hydrogens is 439 g/mol. The highest BCUT2D eigenvalue weighted by atomic mass is 127. The lowest BCUT2D eigenvalue weighted by atomic mass is 9.97. The second-order valence-corrected chi connectivity index (χ2v) is 6.69. The zero-order valence-electron chi connectivity index (χ0n) is 15.8. The van der Waals surface area contributed by atoms with Crippen LogP contribution in [-0.2, 0) is 14.3 Å². The third-order valence-electron chi connectivity index (χ3n) is 3.62. The molecule has 0 saturated carbocycles. The van der Waals surface area contributed by atoms with Crippen LogP contribution in [0.2, 0.25) is 0 Å². The van der Waals surface area contributed by atoms with E-state index in [0.717, 1.165) is 31.9 Å². The first-order chi connectivity index (χ1) is 11.3. The lowest BCUT2D eigenvalue weighted by Gasteiger charge is -2.33. The van der Waals surface area contributed by atoms with E-state index in [4.69, 9.17) is 9.47 Å². The molecule has 0 unspecified atom stereocenters. The highest BCUT2D eigenvalue weighted by Crippen LogP contribution is 2.18. The molecule has 0 aromatic rings. The van der Waals surface area contributed by atoms with E-state index >= 15 is 0 Å². The Morgan fingerprint density at radius 2 is 1.72 bits per heavy atom. The minimum absolute atomic E-state index is 0. The van der Waals surface area contributed by atoms with Crippen molar-refractivity contribution in [2.45, 2.75) is 39.2 Å². The van der Waals surface area contributed by atoms with Crippen molar-refractivity contribution in [1.29, 1.82) is 0 Å². The van der Waals surface area contributed by atoms with Crippen LogP contribution in [0, 0.1) is 5.92 Å². The van der Waals surface area contributed by atoms with E-state index in [1.807, 2.05) is 20.8 Å². The number of carbonyl (C=O) groups excluding carboxylic acids is 2. The number of hydrogen-bond donors (Lipinski definition) is 2. The average Bonchev–Trinajstić information content (AvgIpc) is 2.53. The zero-order valence-corrected chi connectivity index (χ0v) is 18.1.